The van der Waals surface area contributed by atoms with Crippen LogP contribution in [0.3, 0.4) is 0 Å². The van der Waals surface area contributed by atoms with Gasteiger partial charge in [0.15, 0.2) is 0 Å². The highest BCUT2D eigenvalue weighted by Gasteiger charge is 2.14. The highest BCUT2D eigenvalue weighted by molar-refractivity contribution is 5.66. The van der Waals surface area contributed by atoms with Crippen molar-refractivity contribution in [2.24, 2.45) is 11.8 Å². The standard InChI is InChI=1S/C15H25N3O2/c1-10(2)13(5-6-15(19)20)7-8-16-14-9-17-11(3)12(4)18-14/h9-10,13H,5-8H2,1-4H3,(H,16,18)(H,19,20). The first-order valence-electron chi connectivity index (χ1n) is 7.16. The van der Waals surface area contributed by atoms with Crippen molar-refractivity contribution in [3.63, 3.8) is 0 Å². The minimum atomic E-state index is -0.719. The van der Waals surface area contributed by atoms with E-state index in [1.165, 1.54) is 0 Å². The van der Waals surface area contributed by atoms with Crippen LogP contribution >= 0.6 is 0 Å². The van der Waals surface area contributed by atoms with E-state index < -0.39 is 5.97 Å². The number of nitrogens with one attached hydrogen (secondary N) is 1. The third-order valence-electron chi connectivity index (χ3n) is 3.69. The Morgan fingerprint density at radius 2 is 2.00 bits per heavy atom. The largest absolute Gasteiger partial charge is 0.481 e. The van der Waals surface area contributed by atoms with Crippen LogP contribution in [-0.2, 0) is 4.79 Å². The first-order chi connectivity index (χ1) is 9.40. The van der Waals surface area contributed by atoms with Gasteiger partial charge < -0.3 is 10.4 Å². The summed E-state index contributed by atoms with van der Waals surface area (Å²) < 4.78 is 0. The summed E-state index contributed by atoms with van der Waals surface area (Å²) in [6, 6.07) is 0. The topological polar surface area (TPSA) is 75.1 Å². The molecule has 0 saturated heterocycles. The average Bonchev–Trinajstić information content (AvgIpc) is 2.37. The molecular formula is C15H25N3O2. The van der Waals surface area contributed by atoms with Crippen molar-refractivity contribution >= 4 is 11.8 Å². The SMILES string of the molecule is Cc1ncc(NCCC(CCC(=O)O)C(C)C)nc1C. The lowest BCUT2D eigenvalue weighted by Crippen LogP contribution is -2.16. The van der Waals surface area contributed by atoms with Gasteiger partial charge in [-0.2, -0.15) is 0 Å². The highest BCUT2D eigenvalue weighted by atomic mass is 16.4. The van der Waals surface area contributed by atoms with Gasteiger partial charge in [0.2, 0.25) is 0 Å². The molecule has 0 aromatic carbocycles. The van der Waals surface area contributed by atoms with Gasteiger partial charge in [-0.05, 0) is 38.5 Å². The summed E-state index contributed by atoms with van der Waals surface area (Å²) >= 11 is 0. The second-order valence-electron chi connectivity index (χ2n) is 5.58. The van der Waals surface area contributed by atoms with E-state index in [4.69, 9.17) is 5.11 Å². The Morgan fingerprint density at radius 1 is 1.30 bits per heavy atom. The van der Waals surface area contributed by atoms with Crippen LogP contribution in [0.4, 0.5) is 5.82 Å². The number of carbonyl (C=O) groups is 1. The van der Waals surface area contributed by atoms with Gasteiger partial charge in [0.05, 0.1) is 17.6 Å². The Bertz CT molecular complexity index is 447. The first kappa shape index (κ1) is 16.4. The van der Waals surface area contributed by atoms with Crippen molar-refractivity contribution < 1.29 is 9.90 Å². The van der Waals surface area contributed by atoms with Crippen LogP contribution in [0.25, 0.3) is 0 Å². The van der Waals surface area contributed by atoms with Crippen molar-refractivity contribution in [3.05, 3.63) is 17.6 Å². The molecular weight excluding hydrogens is 254 g/mol. The molecule has 0 saturated carbocycles. The lowest BCUT2D eigenvalue weighted by Gasteiger charge is -2.20. The maximum atomic E-state index is 10.7. The van der Waals surface area contributed by atoms with Crippen molar-refractivity contribution in [2.75, 3.05) is 11.9 Å². The second-order valence-corrected chi connectivity index (χ2v) is 5.58. The molecule has 1 aromatic rings. The van der Waals surface area contributed by atoms with Crippen LogP contribution in [0.5, 0.6) is 0 Å². The Balaban J connectivity index is 2.43. The van der Waals surface area contributed by atoms with Crippen molar-refractivity contribution in [1.29, 1.82) is 0 Å². The predicted octanol–water partition coefficient (Wildman–Crippen LogP) is 3.03. The van der Waals surface area contributed by atoms with Gasteiger partial charge in [0.1, 0.15) is 5.82 Å². The van der Waals surface area contributed by atoms with Gasteiger partial charge in [-0.1, -0.05) is 13.8 Å². The van der Waals surface area contributed by atoms with Gasteiger partial charge in [-0.25, -0.2) is 4.98 Å². The third kappa shape index (κ3) is 5.55. The van der Waals surface area contributed by atoms with E-state index in [1.807, 2.05) is 13.8 Å². The normalized spacial score (nSPS) is 12.4. The van der Waals surface area contributed by atoms with E-state index in [9.17, 15) is 4.79 Å². The van der Waals surface area contributed by atoms with E-state index in [1.54, 1.807) is 6.20 Å². The Labute approximate surface area is 120 Å². The van der Waals surface area contributed by atoms with Crippen molar-refractivity contribution in [3.8, 4) is 0 Å². The summed E-state index contributed by atoms with van der Waals surface area (Å²) in [5.41, 5.74) is 1.87. The molecule has 1 rings (SSSR count). The molecule has 0 amide bonds. The number of aromatic nitrogens is 2. The van der Waals surface area contributed by atoms with Crippen molar-refractivity contribution in [1.82, 2.24) is 9.97 Å². The molecule has 0 spiro atoms. The molecule has 0 bridgehead atoms. The molecule has 0 fully saturated rings. The fourth-order valence-electron chi connectivity index (χ4n) is 2.13. The summed E-state index contributed by atoms with van der Waals surface area (Å²) in [7, 11) is 0. The molecule has 0 aliphatic carbocycles. The molecule has 1 atom stereocenters. The fraction of sp³-hybridized carbons (Fsp3) is 0.667. The molecule has 5 nitrogen and oxygen atoms in total. The minimum absolute atomic E-state index is 0.242. The van der Waals surface area contributed by atoms with Crippen molar-refractivity contribution in [2.45, 2.75) is 47.0 Å². The number of carboxylic acids is 1. The number of hydrogen-bond donors (Lipinski definition) is 2. The molecule has 112 valence electrons. The van der Waals surface area contributed by atoms with Gasteiger partial charge in [0.25, 0.3) is 0 Å². The third-order valence-corrected chi connectivity index (χ3v) is 3.69. The zero-order valence-corrected chi connectivity index (χ0v) is 12.8. The van der Waals surface area contributed by atoms with Crippen LogP contribution in [-0.4, -0.2) is 27.6 Å². The summed E-state index contributed by atoms with van der Waals surface area (Å²) in [6.45, 7) is 8.95. The summed E-state index contributed by atoms with van der Waals surface area (Å²) in [5.74, 6) is 0.970. The lowest BCUT2D eigenvalue weighted by atomic mass is 9.88. The monoisotopic (exact) mass is 279 g/mol. The molecule has 2 N–H and O–H groups in total. The quantitative estimate of drug-likeness (QED) is 0.765. The summed E-state index contributed by atoms with van der Waals surface area (Å²) in [5, 5.41) is 12.0. The van der Waals surface area contributed by atoms with Gasteiger partial charge in [0, 0.05) is 13.0 Å². The fourth-order valence-corrected chi connectivity index (χ4v) is 2.13. The molecule has 1 aromatic heterocycles. The molecule has 0 aliphatic heterocycles. The van der Waals surface area contributed by atoms with Crippen LogP contribution in [0.1, 0.15) is 44.5 Å². The molecule has 1 unspecified atom stereocenters. The second kappa shape index (κ2) is 7.82. The van der Waals surface area contributed by atoms with Crippen LogP contribution in [0, 0.1) is 25.7 Å². The van der Waals surface area contributed by atoms with E-state index >= 15 is 0 Å². The molecule has 5 heteroatoms. The zero-order valence-electron chi connectivity index (χ0n) is 12.8. The summed E-state index contributed by atoms with van der Waals surface area (Å²) in [6.07, 6.45) is 3.66. The maximum absolute atomic E-state index is 10.7. The first-order valence-corrected chi connectivity index (χ1v) is 7.16. The lowest BCUT2D eigenvalue weighted by molar-refractivity contribution is -0.137. The number of rotatable bonds is 8. The Hall–Kier alpha value is -1.65. The van der Waals surface area contributed by atoms with Crippen LogP contribution in [0.2, 0.25) is 0 Å². The van der Waals surface area contributed by atoms with Gasteiger partial charge in [-0.15, -0.1) is 0 Å². The maximum Gasteiger partial charge on any atom is 0.303 e. The van der Waals surface area contributed by atoms with Gasteiger partial charge >= 0.3 is 5.97 Å². The van der Waals surface area contributed by atoms with Crippen LogP contribution in [0.15, 0.2) is 6.20 Å². The number of nitrogens with zero attached hydrogens (tertiary/aromatic N) is 2. The van der Waals surface area contributed by atoms with E-state index in [-0.39, 0.29) is 6.42 Å². The van der Waals surface area contributed by atoms with E-state index in [0.717, 1.165) is 36.6 Å². The average molecular weight is 279 g/mol. The highest BCUT2D eigenvalue weighted by Crippen LogP contribution is 2.21. The molecule has 0 aliphatic rings. The number of aliphatic carboxylic acids is 1. The Morgan fingerprint density at radius 3 is 2.55 bits per heavy atom. The van der Waals surface area contributed by atoms with Gasteiger partial charge in [-0.3, -0.25) is 9.78 Å². The zero-order chi connectivity index (χ0) is 15.1. The predicted molar refractivity (Wildman–Crippen MR) is 79.8 cm³/mol. The number of aryl methyl sites for hydroxylation is 2. The minimum Gasteiger partial charge on any atom is -0.481 e. The molecule has 0 radical (unpaired) electrons. The molecule has 1 heterocycles. The van der Waals surface area contributed by atoms with Crippen LogP contribution < -0.4 is 5.32 Å². The smallest absolute Gasteiger partial charge is 0.303 e. The number of carboxylic acid groups (broad SMARTS) is 1. The van der Waals surface area contributed by atoms with E-state index in [0.29, 0.717) is 11.8 Å². The summed E-state index contributed by atoms with van der Waals surface area (Å²) in [4.78, 5) is 19.3. The number of hydrogen-bond acceptors (Lipinski definition) is 4. The van der Waals surface area contributed by atoms with E-state index in [2.05, 4.69) is 29.1 Å². The Kier molecular flexibility index (Phi) is 6.42. The molecule has 20 heavy (non-hydrogen) atoms. The number of anilines is 1.